The predicted octanol–water partition coefficient (Wildman–Crippen LogP) is 2.66. The molecular formula is C15H22N2O. The minimum absolute atomic E-state index is 0.690. The number of rotatable bonds is 8. The molecule has 0 spiro atoms. The zero-order valence-corrected chi connectivity index (χ0v) is 11.1. The fourth-order valence-corrected chi connectivity index (χ4v) is 1.69. The summed E-state index contributed by atoms with van der Waals surface area (Å²) >= 11 is 0. The Labute approximate surface area is 110 Å². The minimum Gasteiger partial charge on any atom is -0.381 e. The second-order valence-corrected chi connectivity index (χ2v) is 4.83. The van der Waals surface area contributed by atoms with E-state index in [-0.39, 0.29) is 0 Å². The zero-order valence-electron chi connectivity index (χ0n) is 11.1. The molecule has 0 heterocycles. The lowest BCUT2D eigenvalue weighted by Crippen LogP contribution is -2.33. The van der Waals surface area contributed by atoms with Crippen LogP contribution in [0.4, 0.5) is 0 Å². The topological polar surface area (TPSA) is 59.0 Å². The first-order valence-electron chi connectivity index (χ1n) is 6.46. The number of hydrogen-bond donors (Lipinski definition) is 1. The van der Waals surface area contributed by atoms with Crippen molar-refractivity contribution in [3.63, 3.8) is 0 Å². The minimum atomic E-state index is -0.690. The average Bonchev–Trinajstić information content (AvgIpc) is 2.39. The second kappa shape index (κ2) is 7.86. The van der Waals surface area contributed by atoms with E-state index in [4.69, 9.17) is 15.7 Å². The Bertz CT molecular complexity index is 368. The Morgan fingerprint density at radius 3 is 2.61 bits per heavy atom. The van der Waals surface area contributed by atoms with Crippen LogP contribution in [0.3, 0.4) is 0 Å². The number of nitriles is 1. The molecule has 0 aromatic heterocycles. The number of hydrogen-bond acceptors (Lipinski definition) is 3. The van der Waals surface area contributed by atoms with Crippen molar-refractivity contribution in [3.05, 3.63) is 35.9 Å². The Kier molecular flexibility index (Phi) is 6.42. The Morgan fingerprint density at radius 1 is 1.22 bits per heavy atom. The molecule has 0 saturated heterocycles. The lowest BCUT2D eigenvalue weighted by atomic mass is 9.98. The molecule has 0 radical (unpaired) electrons. The molecule has 1 atom stereocenters. The van der Waals surface area contributed by atoms with E-state index in [1.54, 1.807) is 6.92 Å². The van der Waals surface area contributed by atoms with Crippen LogP contribution in [0.15, 0.2) is 30.3 Å². The molecule has 1 unspecified atom stereocenters. The van der Waals surface area contributed by atoms with E-state index in [0.717, 1.165) is 38.9 Å². The molecule has 3 heteroatoms. The summed E-state index contributed by atoms with van der Waals surface area (Å²) in [5, 5.41) is 8.75. The van der Waals surface area contributed by atoms with Gasteiger partial charge in [-0.2, -0.15) is 5.26 Å². The number of benzene rings is 1. The number of unbranched alkanes of at least 4 members (excludes halogenated alkanes) is 1. The molecule has 2 N–H and O–H groups in total. The van der Waals surface area contributed by atoms with Crippen LogP contribution in [0.25, 0.3) is 0 Å². The largest absolute Gasteiger partial charge is 0.381 e. The first-order valence-corrected chi connectivity index (χ1v) is 6.46. The SMILES string of the molecule is CC(N)(C#N)CCCCOCCc1ccccc1. The summed E-state index contributed by atoms with van der Waals surface area (Å²) in [6.45, 7) is 3.26. The van der Waals surface area contributed by atoms with Crippen molar-refractivity contribution in [2.24, 2.45) is 5.73 Å². The van der Waals surface area contributed by atoms with Crippen LogP contribution < -0.4 is 5.73 Å². The van der Waals surface area contributed by atoms with E-state index < -0.39 is 5.54 Å². The first-order chi connectivity index (χ1) is 8.64. The third kappa shape index (κ3) is 6.39. The normalized spacial score (nSPS) is 13.8. The van der Waals surface area contributed by atoms with Crippen molar-refractivity contribution in [1.82, 2.24) is 0 Å². The van der Waals surface area contributed by atoms with Gasteiger partial charge in [-0.05, 0) is 38.2 Å². The van der Waals surface area contributed by atoms with Crippen molar-refractivity contribution < 1.29 is 4.74 Å². The van der Waals surface area contributed by atoms with Gasteiger partial charge in [-0.15, -0.1) is 0 Å². The van der Waals surface area contributed by atoms with Crippen molar-refractivity contribution >= 4 is 0 Å². The number of nitrogens with zero attached hydrogens (tertiary/aromatic N) is 1. The van der Waals surface area contributed by atoms with Gasteiger partial charge in [0, 0.05) is 6.61 Å². The molecular weight excluding hydrogens is 224 g/mol. The van der Waals surface area contributed by atoms with Crippen molar-refractivity contribution in [1.29, 1.82) is 5.26 Å². The molecule has 0 saturated carbocycles. The summed E-state index contributed by atoms with van der Waals surface area (Å²) < 4.78 is 5.56. The summed E-state index contributed by atoms with van der Waals surface area (Å²) in [5.41, 5.74) is 6.34. The Balaban J connectivity index is 1.98. The quantitative estimate of drug-likeness (QED) is 0.717. The smallest absolute Gasteiger partial charge is 0.101 e. The molecule has 0 fully saturated rings. The van der Waals surface area contributed by atoms with E-state index in [2.05, 4.69) is 18.2 Å². The number of ether oxygens (including phenoxy) is 1. The molecule has 1 rings (SSSR count). The van der Waals surface area contributed by atoms with E-state index in [1.807, 2.05) is 18.2 Å². The highest BCUT2D eigenvalue weighted by atomic mass is 16.5. The monoisotopic (exact) mass is 246 g/mol. The van der Waals surface area contributed by atoms with Gasteiger partial charge in [0.05, 0.1) is 12.7 Å². The molecule has 0 amide bonds. The molecule has 0 aliphatic rings. The van der Waals surface area contributed by atoms with Gasteiger partial charge in [-0.25, -0.2) is 0 Å². The van der Waals surface area contributed by atoms with Gasteiger partial charge in [0.25, 0.3) is 0 Å². The van der Waals surface area contributed by atoms with Crippen LogP contribution in [0.1, 0.15) is 31.7 Å². The molecule has 1 aromatic carbocycles. The summed E-state index contributed by atoms with van der Waals surface area (Å²) in [5.74, 6) is 0. The molecule has 3 nitrogen and oxygen atoms in total. The van der Waals surface area contributed by atoms with Gasteiger partial charge >= 0.3 is 0 Å². The molecule has 98 valence electrons. The third-order valence-electron chi connectivity index (χ3n) is 2.87. The van der Waals surface area contributed by atoms with Gasteiger partial charge < -0.3 is 10.5 Å². The molecule has 18 heavy (non-hydrogen) atoms. The van der Waals surface area contributed by atoms with Crippen LogP contribution in [0.2, 0.25) is 0 Å². The van der Waals surface area contributed by atoms with Crippen LogP contribution >= 0.6 is 0 Å². The zero-order chi connectivity index (χ0) is 13.3. The van der Waals surface area contributed by atoms with Crippen LogP contribution in [0, 0.1) is 11.3 Å². The summed E-state index contributed by atoms with van der Waals surface area (Å²) in [4.78, 5) is 0. The van der Waals surface area contributed by atoms with Gasteiger partial charge in [0.2, 0.25) is 0 Å². The summed E-state index contributed by atoms with van der Waals surface area (Å²) in [6, 6.07) is 12.4. The number of nitrogens with two attached hydrogens (primary N) is 1. The fourth-order valence-electron chi connectivity index (χ4n) is 1.69. The summed E-state index contributed by atoms with van der Waals surface area (Å²) in [6.07, 6.45) is 3.58. The Hall–Kier alpha value is -1.37. The maximum atomic E-state index is 8.75. The molecule has 0 aliphatic carbocycles. The van der Waals surface area contributed by atoms with E-state index in [1.165, 1.54) is 5.56 Å². The van der Waals surface area contributed by atoms with Crippen LogP contribution in [-0.2, 0) is 11.2 Å². The van der Waals surface area contributed by atoms with Crippen molar-refractivity contribution in [2.75, 3.05) is 13.2 Å². The average molecular weight is 246 g/mol. The maximum Gasteiger partial charge on any atom is 0.101 e. The predicted molar refractivity (Wildman–Crippen MR) is 73.0 cm³/mol. The van der Waals surface area contributed by atoms with Gasteiger partial charge in [0.15, 0.2) is 0 Å². The second-order valence-electron chi connectivity index (χ2n) is 4.83. The highest BCUT2D eigenvalue weighted by molar-refractivity contribution is 5.14. The van der Waals surface area contributed by atoms with E-state index >= 15 is 0 Å². The lowest BCUT2D eigenvalue weighted by Gasteiger charge is -2.14. The highest BCUT2D eigenvalue weighted by Crippen LogP contribution is 2.09. The van der Waals surface area contributed by atoms with E-state index in [9.17, 15) is 0 Å². The maximum absolute atomic E-state index is 8.75. The fraction of sp³-hybridized carbons (Fsp3) is 0.533. The van der Waals surface area contributed by atoms with Gasteiger partial charge in [-0.1, -0.05) is 30.3 Å². The Morgan fingerprint density at radius 2 is 1.94 bits per heavy atom. The molecule has 1 aromatic rings. The molecule has 0 aliphatic heterocycles. The standard InChI is InChI=1S/C15H22N2O/c1-15(17,13-16)10-5-6-11-18-12-9-14-7-3-2-4-8-14/h2-4,7-8H,5-6,9-12,17H2,1H3. The van der Waals surface area contributed by atoms with Crippen LogP contribution in [0.5, 0.6) is 0 Å². The van der Waals surface area contributed by atoms with Crippen molar-refractivity contribution in [3.8, 4) is 6.07 Å². The van der Waals surface area contributed by atoms with Crippen LogP contribution in [-0.4, -0.2) is 18.8 Å². The van der Waals surface area contributed by atoms with Gasteiger partial charge in [-0.3, -0.25) is 0 Å². The lowest BCUT2D eigenvalue weighted by molar-refractivity contribution is 0.132. The third-order valence-corrected chi connectivity index (χ3v) is 2.87. The highest BCUT2D eigenvalue weighted by Gasteiger charge is 2.15. The van der Waals surface area contributed by atoms with Crippen molar-refractivity contribution in [2.45, 2.75) is 38.1 Å². The molecule has 0 bridgehead atoms. The summed E-state index contributed by atoms with van der Waals surface area (Å²) in [7, 11) is 0. The van der Waals surface area contributed by atoms with E-state index in [0.29, 0.717) is 0 Å². The first kappa shape index (κ1) is 14.7. The van der Waals surface area contributed by atoms with Gasteiger partial charge in [0.1, 0.15) is 5.54 Å².